The summed E-state index contributed by atoms with van der Waals surface area (Å²) in [6, 6.07) is 47.3. The lowest BCUT2D eigenvalue weighted by atomic mass is 9.48. The van der Waals surface area contributed by atoms with Gasteiger partial charge < -0.3 is 4.42 Å². The van der Waals surface area contributed by atoms with Crippen LogP contribution in [0.3, 0.4) is 0 Å². The Morgan fingerprint density at radius 2 is 1.22 bits per heavy atom. The molecule has 8 aromatic rings. The predicted molar refractivity (Wildman–Crippen MR) is 231 cm³/mol. The lowest BCUT2D eigenvalue weighted by molar-refractivity contribution is -0.00518. The summed E-state index contributed by atoms with van der Waals surface area (Å²) in [5, 5.41) is 12.3. The Morgan fingerprint density at radius 3 is 1.97 bits per heavy atom. The standard InChI is InChI=1S/C53H42N4O/c1-52(2)44-16-8-14-41(46(44)40-13-6-11-37(30-54)47(40)52)50-55-49(35-17-20-38(21-18-35)53-27-31-23-32(28-53)25-33(24-31)29-53)56-51(57-50)42-15-7-12-39-43-26-36(34-9-4-3-5-10-34)19-22-45(43)58-48(39)42/h3-22,26,31-33H,23-25,27-29H2,1-2H3. The molecule has 2 aromatic heterocycles. The summed E-state index contributed by atoms with van der Waals surface area (Å²) in [5.41, 5.74) is 13.1. The largest absolute Gasteiger partial charge is 0.455 e. The minimum Gasteiger partial charge on any atom is -0.455 e. The molecule has 0 amide bonds. The summed E-state index contributed by atoms with van der Waals surface area (Å²) >= 11 is 0. The first kappa shape index (κ1) is 33.7. The van der Waals surface area contributed by atoms with Crippen molar-refractivity contribution in [1.29, 1.82) is 5.26 Å². The van der Waals surface area contributed by atoms with E-state index < -0.39 is 0 Å². The van der Waals surface area contributed by atoms with Crippen LogP contribution in [0.15, 0.2) is 132 Å². The molecule has 0 aliphatic heterocycles. The highest BCUT2D eigenvalue weighted by Gasteiger charge is 2.51. The molecular formula is C53H42N4O. The van der Waals surface area contributed by atoms with Crippen LogP contribution < -0.4 is 0 Å². The van der Waals surface area contributed by atoms with E-state index in [4.69, 9.17) is 19.4 Å². The molecule has 280 valence electrons. The van der Waals surface area contributed by atoms with E-state index in [9.17, 15) is 5.26 Å². The van der Waals surface area contributed by atoms with Crippen LogP contribution >= 0.6 is 0 Å². The van der Waals surface area contributed by atoms with Gasteiger partial charge in [-0.2, -0.15) is 5.26 Å². The van der Waals surface area contributed by atoms with Gasteiger partial charge in [-0.1, -0.05) is 117 Å². The van der Waals surface area contributed by atoms with Crippen LogP contribution in [-0.2, 0) is 10.8 Å². The highest BCUT2D eigenvalue weighted by molar-refractivity contribution is 6.10. The Hall–Kier alpha value is -6.38. The van der Waals surface area contributed by atoms with Crippen molar-refractivity contribution >= 4 is 21.9 Å². The van der Waals surface area contributed by atoms with Crippen LogP contribution in [0.5, 0.6) is 0 Å². The Bertz CT molecular complexity index is 2990. The fraction of sp³-hybridized carbons (Fsp3) is 0.245. The number of hydrogen-bond donors (Lipinski definition) is 0. The Labute approximate surface area is 338 Å². The average Bonchev–Trinajstić information content (AvgIpc) is 3.75. The van der Waals surface area contributed by atoms with E-state index in [2.05, 4.69) is 129 Å². The average molecular weight is 751 g/mol. The molecule has 0 N–H and O–H groups in total. The van der Waals surface area contributed by atoms with Gasteiger partial charge in [0.15, 0.2) is 17.5 Å². The predicted octanol–water partition coefficient (Wildman–Crippen LogP) is 13.1. The Morgan fingerprint density at radius 1 is 0.586 bits per heavy atom. The van der Waals surface area contributed by atoms with Crippen LogP contribution in [0.2, 0.25) is 0 Å². The van der Waals surface area contributed by atoms with Gasteiger partial charge in [0.2, 0.25) is 0 Å². The molecule has 5 nitrogen and oxygen atoms in total. The zero-order valence-corrected chi connectivity index (χ0v) is 32.8. The molecule has 0 radical (unpaired) electrons. The van der Waals surface area contributed by atoms with Gasteiger partial charge in [-0.05, 0) is 125 Å². The fourth-order valence-electron chi connectivity index (χ4n) is 12.2. The quantitative estimate of drug-likeness (QED) is 0.175. The summed E-state index contributed by atoms with van der Waals surface area (Å²) < 4.78 is 6.69. The lowest BCUT2D eigenvalue weighted by Crippen LogP contribution is -2.48. The maximum atomic E-state index is 10.2. The van der Waals surface area contributed by atoms with Crippen molar-refractivity contribution in [3.63, 3.8) is 0 Å². The summed E-state index contributed by atoms with van der Waals surface area (Å²) in [6.45, 7) is 4.42. The zero-order chi connectivity index (χ0) is 38.8. The number of nitrogens with zero attached hydrogens (tertiary/aromatic N) is 4. The molecule has 0 atom stereocenters. The first-order valence-corrected chi connectivity index (χ1v) is 20.9. The number of nitriles is 1. The molecule has 4 bridgehead atoms. The molecule has 4 fully saturated rings. The van der Waals surface area contributed by atoms with E-state index in [1.165, 1.54) is 49.7 Å². The summed E-state index contributed by atoms with van der Waals surface area (Å²) in [6.07, 6.45) is 8.29. The molecular weight excluding hydrogens is 709 g/mol. The van der Waals surface area contributed by atoms with E-state index >= 15 is 0 Å². The lowest BCUT2D eigenvalue weighted by Gasteiger charge is -2.57. The third kappa shape index (κ3) is 4.97. The van der Waals surface area contributed by atoms with Gasteiger partial charge in [0.1, 0.15) is 11.2 Å². The maximum Gasteiger partial charge on any atom is 0.167 e. The summed E-state index contributed by atoms with van der Waals surface area (Å²) in [5.74, 6) is 4.47. The number of para-hydroxylation sites is 1. The van der Waals surface area contributed by atoms with Gasteiger partial charge >= 0.3 is 0 Å². The third-order valence-corrected chi connectivity index (χ3v) is 14.3. The van der Waals surface area contributed by atoms with Crippen LogP contribution in [0.1, 0.15) is 74.6 Å². The van der Waals surface area contributed by atoms with Crippen molar-refractivity contribution < 1.29 is 4.42 Å². The smallest absolute Gasteiger partial charge is 0.167 e. The molecule has 4 saturated carbocycles. The van der Waals surface area contributed by atoms with Crippen molar-refractivity contribution in [1.82, 2.24) is 15.0 Å². The molecule has 6 aromatic carbocycles. The zero-order valence-electron chi connectivity index (χ0n) is 32.8. The summed E-state index contributed by atoms with van der Waals surface area (Å²) in [4.78, 5) is 15.9. The minimum absolute atomic E-state index is 0.313. The van der Waals surface area contributed by atoms with Crippen molar-refractivity contribution in [2.75, 3.05) is 0 Å². The van der Waals surface area contributed by atoms with E-state index in [0.717, 1.165) is 84.2 Å². The minimum atomic E-state index is -0.364. The van der Waals surface area contributed by atoms with Crippen LogP contribution in [0.25, 0.3) is 78.4 Å². The van der Waals surface area contributed by atoms with Crippen molar-refractivity contribution in [3.05, 3.63) is 150 Å². The SMILES string of the molecule is CC1(C)c2cccc(-c3nc(-c4ccc(C56CC7CC(CC(C7)C5)C6)cc4)nc(-c4cccc5c4oc4ccc(-c6ccccc6)cc45)n3)c2-c2cccc(C#N)c21. The number of furan rings is 1. The topological polar surface area (TPSA) is 75.6 Å². The van der Waals surface area contributed by atoms with Gasteiger partial charge in [-0.25, -0.2) is 15.0 Å². The fourth-order valence-corrected chi connectivity index (χ4v) is 12.2. The number of rotatable bonds is 5. The highest BCUT2D eigenvalue weighted by atomic mass is 16.3. The molecule has 0 saturated heterocycles. The van der Waals surface area contributed by atoms with Gasteiger partial charge in [0, 0.05) is 27.3 Å². The van der Waals surface area contributed by atoms with Gasteiger partial charge in [-0.15, -0.1) is 0 Å². The monoisotopic (exact) mass is 750 g/mol. The van der Waals surface area contributed by atoms with Crippen LogP contribution in [0, 0.1) is 29.1 Å². The van der Waals surface area contributed by atoms with Crippen LogP contribution in [-0.4, -0.2) is 15.0 Å². The number of hydrogen-bond acceptors (Lipinski definition) is 5. The number of fused-ring (bicyclic) bond motifs is 6. The molecule has 2 heterocycles. The second-order valence-corrected chi connectivity index (χ2v) is 18.1. The van der Waals surface area contributed by atoms with E-state index in [1.807, 2.05) is 18.2 Å². The summed E-state index contributed by atoms with van der Waals surface area (Å²) in [7, 11) is 0. The van der Waals surface area contributed by atoms with Gasteiger partial charge in [0.05, 0.1) is 17.2 Å². The van der Waals surface area contributed by atoms with Gasteiger partial charge in [-0.3, -0.25) is 0 Å². The molecule has 5 aliphatic rings. The molecule has 13 rings (SSSR count). The molecule has 5 heteroatoms. The van der Waals surface area contributed by atoms with E-state index in [0.29, 0.717) is 28.5 Å². The van der Waals surface area contributed by atoms with E-state index in [-0.39, 0.29) is 5.41 Å². The molecule has 5 aliphatic carbocycles. The molecule has 0 spiro atoms. The Kier molecular flexibility index (Phi) is 7.16. The third-order valence-electron chi connectivity index (χ3n) is 14.3. The van der Waals surface area contributed by atoms with Crippen molar-refractivity contribution in [2.24, 2.45) is 17.8 Å². The number of benzene rings is 6. The molecule has 0 unspecified atom stereocenters. The first-order chi connectivity index (χ1) is 28.3. The van der Waals surface area contributed by atoms with E-state index in [1.54, 1.807) is 0 Å². The first-order valence-electron chi connectivity index (χ1n) is 20.9. The van der Waals surface area contributed by atoms with Crippen LogP contribution in [0.4, 0.5) is 0 Å². The molecule has 58 heavy (non-hydrogen) atoms. The van der Waals surface area contributed by atoms with Gasteiger partial charge in [0.25, 0.3) is 0 Å². The van der Waals surface area contributed by atoms with Crippen molar-refractivity contribution in [3.8, 4) is 62.5 Å². The Balaban J connectivity index is 1.04. The second-order valence-electron chi connectivity index (χ2n) is 18.1. The highest BCUT2D eigenvalue weighted by Crippen LogP contribution is 2.61. The normalized spacial score (nSPS) is 22.3. The number of aromatic nitrogens is 3. The second kappa shape index (κ2) is 12.3. The maximum absolute atomic E-state index is 10.2. The van der Waals surface area contributed by atoms with Crippen molar-refractivity contribution in [2.45, 2.75) is 63.2 Å².